The summed E-state index contributed by atoms with van der Waals surface area (Å²) in [6.07, 6.45) is 1.19. The molecule has 1 aromatic rings. The summed E-state index contributed by atoms with van der Waals surface area (Å²) < 4.78 is 55.8. The van der Waals surface area contributed by atoms with Gasteiger partial charge in [-0.1, -0.05) is 19.4 Å². The van der Waals surface area contributed by atoms with E-state index >= 15 is 0 Å². The molecule has 7 heteroatoms. The van der Waals surface area contributed by atoms with E-state index in [0.29, 0.717) is 6.42 Å². The van der Waals surface area contributed by atoms with Gasteiger partial charge in [-0.05, 0) is 25.5 Å². The van der Waals surface area contributed by atoms with Crippen molar-refractivity contribution < 1.29 is 73.5 Å². The topological polar surface area (TPSA) is 9.23 Å². The molecule has 0 bridgehead atoms. The van der Waals surface area contributed by atoms with E-state index in [1.54, 1.807) is 6.92 Å². The van der Waals surface area contributed by atoms with Crippen LogP contribution in [0.1, 0.15) is 26.7 Å². The zero-order chi connectivity index (χ0) is 13.1. The molecular weight excluding hydrogens is 274 g/mol. The molecule has 0 radical (unpaired) electrons. The summed E-state index contributed by atoms with van der Waals surface area (Å²) in [5.41, 5.74) is -0.843. The number of benzene rings is 1. The van der Waals surface area contributed by atoms with Crippen LogP contribution in [-0.2, 0) is 0 Å². The molecule has 0 heterocycles. The second-order valence-corrected chi connectivity index (χ2v) is 3.98. The quantitative estimate of drug-likeness (QED) is 0.565. The van der Waals surface area contributed by atoms with Crippen LogP contribution in [0.4, 0.5) is 17.3 Å². The van der Waals surface area contributed by atoms with Crippen LogP contribution in [0.15, 0.2) is 18.2 Å². The number of hydrogen-bond acceptors (Lipinski definition) is 1. The van der Waals surface area contributed by atoms with Crippen molar-refractivity contribution in [2.45, 2.75) is 32.8 Å². The predicted octanol–water partition coefficient (Wildman–Crippen LogP) is 0.451. The van der Waals surface area contributed by atoms with Crippen molar-refractivity contribution in [3.63, 3.8) is 0 Å². The first-order valence-electron chi connectivity index (χ1n) is 5.50. The van der Waals surface area contributed by atoms with Gasteiger partial charge in [0.25, 0.3) is 0 Å². The Hall–Kier alpha value is 0.441. The Morgan fingerprint density at radius 3 is 2.39 bits per heavy atom. The third kappa shape index (κ3) is 5.61. The molecule has 0 amide bonds. The van der Waals surface area contributed by atoms with Gasteiger partial charge in [0, 0.05) is 0 Å². The molecule has 18 heavy (non-hydrogen) atoms. The van der Waals surface area contributed by atoms with Gasteiger partial charge in [-0.2, -0.15) is 0 Å². The van der Waals surface area contributed by atoms with E-state index in [1.165, 1.54) is 0 Å². The molecular formula is C11H14BF4KO. The predicted molar refractivity (Wildman–Crippen MR) is 60.1 cm³/mol. The van der Waals surface area contributed by atoms with Crippen molar-refractivity contribution >= 4 is 12.4 Å². The zero-order valence-electron chi connectivity index (χ0n) is 10.7. The van der Waals surface area contributed by atoms with Crippen LogP contribution in [0, 0.1) is 5.82 Å². The first kappa shape index (κ1) is 18.4. The molecule has 0 fully saturated rings. The van der Waals surface area contributed by atoms with Crippen LogP contribution in [0.2, 0.25) is 0 Å². The maximum atomic E-state index is 13.3. The number of rotatable bonds is 5. The minimum Gasteiger partial charge on any atom is -0.488 e. The standard InChI is InChI=1S/C11H14BF4O.K/c1-3-4-8(2)17-11-7-9(12(14,15)16)5-6-10(11)13;/h5-8H,3-4H2,1-2H3;/q-1;+1. The molecule has 0 N–H and O–H groups in total. The van der Waals surface area contributed by atoms with E-state index < -0.39 is 18.3 Å². The van der Waals surface area contributed by atoms with E-state index in [1.807, 2.05) is 6.92 Å². The van der Waals surface area contributed by atoms with Crippen molar-refractivity contribution in [2.75, 3.05) is 0 Å². The van der Waals surface area contributed by atoms with Crippen LogP contribution in [0.5, 0.6) is 5.75 Å². The normalized spacial score (nSPS) is 12.8. The van der Waals surface area contributed by atoms with E-state index in [-0.39, 0.29) is 63.2 Å². The summed E-state index contributed by atoms with van der Waals surface area (Å²) in [7, 11) is 0. The summed E-state index contributed by atoms with van der Waals surface area (Å²) in [6.45, 7) is -1.50. The van der Waals surface area contributed by atoms with Crippen molar-refractivity contribution in [3.05, 3.63) is 24.0 Å². The summed E-state index contributed by atoms with van der Waals surface area (Å²) >= 11 is 0. The maximum Gasteiger partial charge on any atom is 1.00 e. The van der Waals surface area contributed by atoms with Crippen LogP contribution in [-0.4, -0.2) is 13.1 Å². The van der Waals surface area contributed by atoms with Crippen molar-refractivity contribution in [2.24, 2.45) is 0 Å². The molecule has 0 saturated heterocycles. The summed E-state index contributed by atoms with van der Waals surface area (Å²) in [6, 6.07) is 2.24. The third-order valence-corrected chi connectivity index (χ3v) is 2.36. The SMILES string of the molecule is CCCC(C)Oc1cc([B-](F)(F)F)ccc1F.[K+]. The molecule has 0 aliphatic heterocycles. The van der Waals surface area contributed by atoms with Crippen LogP contribution in [0.3, 0.4) is 0 Å². The molecule has 96 valence electrons. The largest absolute Gasteiger partial charge is 1.00 e. The second kappa shape index (κ2) is 7.89. The molecule has 1 rings (SSSR count). The van der Waals surface area contributed by atoms with Crippen LogP contribution < -0.4 is 61.6 Å². The van der Waals surface area contributed by atoms with Gasteiger partial charge in [0.1, 0.15) is 0 Å². The zero-order valence-corrected chi connectivity index (χ0v) is 13.8. The number of ether oxygens (including phenoxy) is 1. The fourth-order valence-electron chi connectivity index (χ4n) is 1.50. The Labute approximate surface area is 147 Å². The maximum absolute atomic E-state index is 13.3. The molecule has 1 nitrogen and oxygen atoms in total. The van der Waals surface area contributed by atoms with Crippen molar-refractivity contribution in [1.82, 2.24) is 0 Å². The average Bonchev–Trinajstić information content (AvgIpc) is 2.20. The van der Waals surface area contributed by atoms with Gasteiger partial charge in [0.15, 0.2) is 11.6 Å². The summed E-state index contributed by atoms with van der Waals surface area (Å²) in [5, 5.41) is 0. The Kier molecular flexibility index (Phi) is 8.09. The molecule has 1 aromatic carbocycles. The van der Waals surface area contributed by atoms with Gasteiger partial charge in [0.2, 0.25) is 0 Å². The van der Waals surface area contributed by atoms with Gasteiger partial charge >= 0.3 is 58.4 Å². The van der Waals surface area contributed by atoms with Crippen LogP contribution >= 0.6 is 0 Å². The molecule has 0 aliphatic rings. The minimum atomic E-state index is -5.12. The van der Waals surface area contributed by atoms with Gasteiger partial charge in [0.05, 0.1) is 6.10 Å². The molecule has 1 atom stereocenters. The fourth-order valence-corrected chi connectivity index (χ4v) is 1.50. The monoisotopic (exact) mass is 288 g/mol. The first-order valence-corrected chi connectivity index (χ1v) is 5.50. The fraction of sp³-hybridized carbons (Fsp3) is 0.455. The van der Waals surface area contributed by atoms with Crippen molar-refractivity contribution in [3.8, 4) is 5.75 Å². The Bertz CT molecular complexity index is 384. The smallest absolute Gasteiger partial charge is 0.488 e. The van der Waals surface area contributed by atoms with Crippen LogP contribution in [0.25, 0.3) is 0 Å². The molecule has 0 aliphatic carbocycles. The summed E-state index contributed by atoms with van der Waals surface area (Å²) in [5.74, 6) is -1.10. The van der Waals surface area contributed by atoms with E-state index in [4.69, 9.17) is 4.74 Å². The second-order valence-electron chi connectivity index (χ2n) is 3.98. The first-order chi connectivity index (χ1) is 7.84. The Balaban J connectivity index is 0.00000289. The molecule has 0 saturated carbocycles. The summed E-state index contributed by atoms with van der Waals surface area (Å²) in [4.78, 5) is 0. The third-order valence-electron chi connectivity index (χ3n) is 2.36. The Morgan fingerprint density at radius 2 is 1.89 bits per heavy atom. The van der Waals surface area contributed by atoms with Crippen molar-refractivity contribution in [1.29, 1.82) is 0 Å². The number of halogens is 4. The molecule has 0 aromatic heterocycles. The van der Waals surface area contributed by atoms with Gasteiger partial charge in [-0.3, -0.25) is 0 Å². The number of hydrogen-bond donors (Lipinski definition) is 0. The average molecular weight is 288 g/mol. The van der Waals surface area contributed by atoms with Gasteiger partial charge in [-0.25, -0.2) is 4.39 Å². The van der Waals surface area contributed by atoms with Gasteiger partial charge in [-0.15, -0.1) is 5.46 Å². The van der Waals surface area contributed by atoms with Gasteiger partial charge < -0.3 is 17.7 Å². The van der Waals surface area contributed by atoms with E-state index in [9.17, 15) is 17.3 Å². The molecule has 0 spiro atoms. The minimum absolute atomic E-state index is 0. The van der Waals surface area contributed by atoms with E-state index in [2.05, 4.69) is 0 Å². The molecule has 1 unspecified atom stereocenters. The Morgan fingerprint density at radius 1 is 1.28 bits per heavy atom. The van der Waals surface area contributed by atoms with E-state index in [0.717, 1.165) is 24.6 Å².